The van der Waals surface area contributed by atoms with Crippen LogP contribution in [-0.2, 0) is 19.0 Å². The van der Waals surface area contributed by atoms with Gasteiger partial charge in [-0.15, -0.1) is 0 Å². The molecule has 312 valence electrons. The van der Waals surface area contributed by atoms with Crippen LogP contribution in [0, 0.1) is 0 Å². The molecule has 0 aliphatic carbocycles. The molecule has 10 atom stereocenters. The lowest BCUT2D eigenvalue weighted by atomic mass is 9.89. The van der Waals surface area contributed by atoms with Gasteiger partial charge in [0.15, 0.2) is 23.2 Å². The lowest BCUT2D eigenvalue weighted by molar-refractivity contribution is -0.342. The lowest BCUT2D eigenvalue weighted by Crippen LogP contribution is -2.62. The summed E-state index contributed by atoms with van der Waals surface area (Å²) in [5.74, 6) is -1.38. The van der Waals surface area contributed by atoms with Crippen LogP contribution in [0.25, 0.3) is 28.4 Å². The second-order valence-electron chi connectivity index (χ2n) is 13.3. The zero-order valence-corrected chi connectivity index (χ0v) is 31.1. The van der Waals surface area contributed by atoms with Crippen LogP contribution in [0.1, 0.15) is 17.2 Å². The highest BCUT2D eigenvalue weighted by Crippen LogP contribution is 2.47. The maximum absolute atomic E-state index is 13.6. The van der Waals surface area contributed by atoms with Crippen molar-refractivity contribution in [2.45, 2.75) is 61.2 Å². The second kappa shape index (κ2) is 17.7. The van der Waals surface area contributed by atoms with E-state index in [-0.39, 0.29) is 51.0 Å². The van der Waals surface area contributed by atoms with Crippen LogP contribution in [0.3, 0.4) is 0 Å². The number of hydrogen-bond donors (Lipinski definition) is 9. The molecule has 0 saturated carbocycles. The van der Waals surface area contributed by atoms with E-state index in [0.717, 1.165) is 12.1 Å². The lowest BCUT2D eigenvalue weighted by Gasteiger charge is -2.46. The minimum atomic E-state index is -1.93. The number of rotatable bonds is 12. The minimum absolute atomic E-state index is 0.0383. The van der Waals surface area contributed by atoms with Crippen molar-refractivity contribution in [3.8, 4) is 45.8 Å². The van der Waals surface area contributed by atoms with Gasteiger partial charge in [0.1, 0.15) is 88.9 Å². The van der Waals surface area contributed by atoms with Crippen molar-refractivity contribution >= 4 is 23.0 Å². The molecule has 0 unspecified atom stereocenters. The van der Waals surface area contributed by atoms with Crippen molar-refractivity contribution in [2.24, 2.45) is 0 Å². The zero-order chi connectivity index (χ0) is 42.0. The average Bonchev–Trinajstić information content (AvgIpc) is 3.22. The molecule has 1 aromatic heterocycles. The quantitative estimate of drug-likeness (QED) is 0.0511. The van der Waals surface area contributed by atoms with E-state index >= 15 is 0 Å². The second-order valence-corrected chi connectivity index (χ2v) is 13.3. The van der Waals surface area contributed by atoms with Gasteiger partial charge in [-0.1, -0.05) is 0 Å². The Balaban J connectivity index is 1.28. The Kier molecular flexibility index (Phi) is 12.9. The van der Waals surface area contributed by atoms with Crippen LogP contribution in [0.4, 0.5) is 0 Å². The number of benzene rings is 3. The molecule has 2 aliphatic rings. The molecule has 0 bridgehead atoms. The number of aromatic hydroxyl groups is 2. The molecule has 0 amide bonds. The fraction of sp³-hybridized carbons (Fsp3) is 0.385. The number of aliphatic hydroxyl groups is 7. The summed E-state index contributed by atoms with van der Waals surface area (Å²) in [5.41, 5.74) is -0.352. The van der Waals surface area contributed by atoms with Crippen LogP contribution < -0.4 is 24.4 Å². The number of carbonyl (C=O) groups excluding carboxylic acids is 1. The maximum Gasteiger partial charge on any atom is 0.336 e. The molecule has 4 aromatic rings. The number of hydrogen-bond acceptors (Lipinski definition) is 19. The molecular formula is C39H42O19. The summed E-state index contributed by atoms with van der Waals surface area (Å²) in [6.07, 6.45) is -14.7. The summed E-state index contributed by atoms with van der Waals surface area (Å²) < 4.78 is 44.3. The van der Waals surface area contributed by atoms with Gasteiger partial charge in [0.2, 0.25) is 5.75 Å². The van der Waals surface area contributed by atoms with Gasteiger partial charge in [-0.3, -0.25) is 4.79 Å². The van der Waals surface area contributed by atoms with Gasteiger partial charge in [-0.25, -0.2) is 4.79 Å². The Labute approximate surface area is 328 Å². The number of ether oxygens (including phenoxy) is 7. The molecule has 19 heteroatoms. The zero-order valence-electron chi connectivity index (χ0n) is 31.1. The Morgan fingerprint density at radius 3 is 1.95 bits per heavy atom. The molecule has 19 nitrogen and oxygen atoms in total. The van der Waals surface area contributed by atoms with Crippen molar-refractivity contribution in [2.75, 3.05) is 34.5 Å². The fourth-order valence-corrected chi connectivity index (χ4v) is 6.70. The van der Waals surface area contributed by atoms with Crippen molar-refractivity contribution < 1.29 is 88.3 Å². The molecule has 3 aromatic carbocycles. The summed E-state index contributed by atoms with van der Waals surface area (Å²) in [7, 11) is 3.95. The molecular weight excluding hydrogens is 772 g/mol. The molecule has 3 heterocycles. The molecule has 6 rings (SSSR count). The van der Waals surface area contributed by atoms with Crippen molar-refractivity contribution in [3.05, 3.63) is 76.0 Å². The van der Waals surface area contributed by atoms with E-state index in [9.17, 15) is 55.5 Å². The van der Waals surface area contributed by atoms with Crippen LogP contribution >= 0.6 is 0 Å². The molecule has 2 aliphatic heterocycles. The molecule has 2 saturated heterocycles. The first-order valence-corrected chi connectivity index (χ1v) is 17.7. The first-order chi connectivity index (χ1) is 27.7. The Morgan fingerprint density at radius 2 is 1.34 bits per heavy atom. The van der Waals surface area contributed by atoms with Crippen LogP contribution in [0.2, 0.25) is 0 Å². The Morgan fingerprint density at radius 1 is 0.741 bits per heavy atom. The van der Waals surface area contributed by atoms with Gasteiger partial charge in [0.25, 0.3) is 0 Å². The van der Waals surface area contributed by atoms with Crippen LogP contribution in [0.15, 0.2) is 63.8 Å². The average molecular weight is 815 g/mol. The van der Waals surface area contributed by atoms with Gasteiger partial charge in [0.05, 0.1) is 40.1 Å². The van der Waals surface area contributed by atoms with Crippen molar-refractivity contribution in [1.82, 2.24) is 0 Å². The highest BCUT2D eigenvalue weighted by Gasteiger charge is 2.52. The summed E-state index contributed by atoms with van der Waals surface area (Å²) in [6, 6.07) is 11.2. The van der Waals surface area contributed by atoms with Gasteiger partial charge >= 0.3 is 5.97 Å². The number of carbonyl (C=O) groups is 1. The molecule has 2 fully saturated rings. The summed E-state index contributed by atoms with van der Waals surface area (Å²) in [4.78, 5) is 26.2. The third-order valence-corrected chi connectivity index (χ3v) is 9.78. The van der Waals surface area contributed by atoms with E-state index < -0.39 is 91.6 Å². The fourth-order valence-electron chi connectivity index (χ4n) is 6.70. The largest absolute Gasteiger partial charge is 0.506 e. The van der Waals surface area contributed by atoms with Gasteiger partial charge in [-0.05, 0) is 48.0 Å². The standard InChI is InChI=1S/C39H42O19/c1-51-21-13-22-28(33(47)29(21)37-38(35(49)32(46)25(14-40)56-37)58-39-36(50)34(48)31(45)26(15-41)57-39)19(42)12-20(55-22)17-5-7-18(8-6-17)54-27(43)9-4-16-10-23(52-2)30(44)24(11-16)53-3/h4-13,25-26,31-32,34-41,44-50H,14-15H2,1-3H3/b9-4+/t25-,26-,31-,32-,34+,35+,36-,37+,38-,39+/m1/s1. The highest BCUT2D eigenvalue weighted by molar-refractivity contribution is 5.90. The molecule has 58 heavy (non-hydrogen) atoms. The Bertz CT molecular complexity index is 2160. The molecule has 0 radical (unpaired) electrons. The minimum Gasteiger partial charge on any atom is -0.506 e. The van der Waals surface area contributed by atoms with E-state index in [2.05, 4.69) is 0 Å². The number of methoxy groups -OCH3 is 3. The van der Waals surface area contributed by atoms with E-state index in [1.165, 1.54) is 69.9 Å². The number of phenols is 2. The van der Waals surface area contributed by atoms with E-state index in [4.69, 9.17) is 37.6 Å². The monoisotopic (exact) mass is 814 g/mol. The Hall–Kier alpha value is -5.32. The van der Waals surface area contributed by atoms with E-state index in [1.807, 2.05) is 0 Å². The third-order valence-electron chi connectivity index (χ3n) is 9.78. The maximum atomic E-state index is 13.6. The summed E-state index contributed by atoms with van der Waals surface area (Å²) in [5, 5.41) is 94.0. The first kappa shape index (κ1) is 42.3. The topological polar surface area (TPSA) is 294 Å². The normalized spacial score (nSPS) is 27.4. The van der Waals surface area contributed by atoms with Gasteiger partial charge < -0.3 is 83.5 Å². The predicted octanol–water partition coefficient (Wildman–Crippen LogP) is -0.145. The van der Waals surface area contributed by atoms with Crippen LogP contribution in [0.5, 0.6) is 34.5 Å². The first-order valence-electron chi connectivity index (χ1n) is 17.7. The van der Waals surface area contributed by atoms with Crippen molar-refractivity contribution in [3.63, 3.8) is 0 Å². The summed E-state index contributed by atoms with van der Waals surface area (Å²) in [6.45, 7) is -1.61. The summed E-state index contributed by atoms with van der Waals surface area (Å²) >= 11 is 0. The third kappa shape index (κ3) is 8.18. The van der Waals surface area contributed by atoms with Crippen LogP contribution in [-0.4, -0.2) is 142 Å². The number of phenolic OH excluding ortho intramolecular Hbond substituents is 2. The molecule has 9 N–H and O–H groups in total. The van der Waals surface area contributed by atoms with E-state index in [1.54, 1.807) is 0 Å². The van der Waals surface area contributed by atoms with E-state index in [0.29, 0.717) is 11.1 Å². The molecule has 0 spiro atoms. The predicted molar refractivity (Wildman–Crippen MR) is 197 cm³/mol. The van der Waals surface area contributed by atoms with Gasteiger partial charge in [-0.2, -0.15) is 0 Å². The number of aliphatic hydroxyl groups excluding tert-OH is 7. The smallest absolute Gasteiger partial charge is 0.336 e. The van der Waals surface area contributed by atoms with Gasteiger partial charge in [0, 0.05) is 23.8 Å². The number of esters is 1. The number of fused-ring (bicyclic) bond motifs is 1. The highest BCUT2D eigenvalue weighted by atomic mass is 16.7. The van der Waals surface area contributed by atoms with Crippen molar-refractivity contribution in [1.29, 1.82) is 0 Å². The SMILES string of the molecule is COc1cc(/C=C/C(=O)Oc2ccc(-c3cc(=O)c4c(O)c([C@@H]5O[C@H](CO)[C@@H](O)[C@H](O)[C@H]5O[C@@H]5O[C@H](CO)[C@@H](O)[C@H](O)[C@H]5O)c(OC)cc4o3)cc2)cc(OC)c1O.